The molecule has 1 amide bonds. The Hall–Kier alpha value is -2.60. The molecule has 2 aromatic heterocycles. The highest BCUT2D eigenvalue weighted by atomic mass is 35.5. The van der Waals surface area contributed by atoms with E-state index in [2.05, 4.69) is 10.1 Å². The van der Waals surface area contributed by atoms with Gasteiger partial charge in [-0.25, -0.2) is 0 Å². The molecule has 4 rings (SSSR count). The molecule has 0 spiro atoms. The van der Waals surface area contributed by atoms with Crippen LogP contribution >= 0.6 is 11.6 Å². The fourth-order valence-corrected chi connectivity index (χ4v) is 3.27. The number of benzene rings is 1. The first kappa shape index (κ1) is 15.9. The van der Waals surface area contributed by atoms with E-state index in [1.807, 2.05) is 23.1 Å². The number of carbonyl (C=O) groups is 1. The van der Waals surface area contributed by atoms with Gasteiger partial charge in [-0.2, -0.15) is 4.98 Å². The maximum atomic E-state index is 12.3. The van der Waals surface area contributed by atoms with Crippen molar-refractivity contribution in [3.8, 4) is 11.4 Å². The number of piperidine rings is 1. The second-order valence-corrected chi connectivity index (χ2v) is 6.42. The van der Waals surface area contributed by atoms with E-state index in [0.29, 0.717) is 35.4 Å². The van der Waals surface area contributed by atoms with Crippen molar-refractivity contribution in [3.63, 3.8) is 0 Å². The molecule has 6 nitrogen and oxygen atoms in total. The third-order valence-electron chi connectivity index (χ3n) is 4.46. The van der Waals surface area contributed by atoms with E-state index in [4.69, 9.17) is 20.5 Å². The first-order chi connectivity index (χ1) is 12.2. The summed E-state index contributed by atoms with van der Waals surface area (Å²) >= 11 is 6.18. The Bertz CT molecular complexity index is 867. The molecule has 0 N–H and O–H groups in total. The monoisotopic (exact) mass is 357 g/mol. The van der Waals surface area contributed by atoms with Crippen LogP contribution in [-0.2, 0) is 0 Å². The summed E-state index contributed by atoms with van der Waals surface area (Å²) in [5.74, 6) is 1.24. The van der Waals surface area contributed by atoms with Crippen LogP contribution in [0.15, 0.2) is 51.8 Å². The van der Waals surface area contributed by atoms with Crippen LogP contribution in [0, 0.1) is 0 Å². The van der Waals surface area contributed by atoms with Gasteiger partial charge in [0, 0.05) is 24.6 Å². The van der Waals surface area contributed by atoms with Crippen molar-refractivity contribution in [1.82, 2.24) is 15.0 Å². The second kappa shape index (κ2) is 6.72. The topological polar surface area (TPSA) is 72.4 Å². The molecule has 0 atom stereocenters. The van der Waals surface area contributed by atoms with Gasteiger partial charge in [-0.05, 0) is 31.0 Å². The average Bonchev–Trinajstić information content (AvgIpc) is 3.34. The Morgan fingerprint density at radius 3 is 2.72 bits per heavy atom. The lowest BCUT2D eigenvalue weighted by molar-refractivity contribution is 0.0704. The molecule has 128 valence electrons. The number of nitrogens with zero attached hydrogens (tertiary/aromatic N) is 3. The Morgan fingerprint density at radius 1 is 1.20 bits per heavy atom. The third kappa shape index (κ3) is 3.17. The van der Waals surface area contributed by atoms with Gasteiger partial charge >= 0.3 is 0 Å². The number of aromatic nitrogens is 2. The second-order valence-electron chi connectivity index (χ2n) is 6.01. The molecule has 0 radical (unpaired) electrons. The maximum Gasteiger partial charge on any atom is 0.257 e. The Balaban J connectivity index is 1.43. The molecule has 7 heteroatoms. The largest absolute Gasteiger partial charge is 0.472 e. The SMILES string of the molecule is O=C(c1ccoc1)N1CCC(c2nc(-c3ccccc3Cl)no2)CC1. The van der Waals surface area contributed by atoms with Gasteiger partial charge in [0.05, 0.1) is 16.8 Å². The van der Waals surface area contributed by atoms with E-state index in [-0.39, 0.29) is 11.8 Å². The Labute approximate surface area is 149 Å². The summed E-state index contributed by atoms with van der Waals surface area (Å²) in [4.78, 5) is 18.7. The molecule has 0 bridgehead atoms. The van der Waals surface area contributed by atoms with E-state index in [1.54, 1.807) is 12.1 Å². The van der Waals surface area contributed by atoms with Gasteiger partial charge in [-0.1, -0.05) is 28.9 Å². The van der Waals surface area contributed by atoms with E-state index in [1.165, 1.54) is 12.5 Å². The quantitative estimate of drug-likeness (QED) is 0.708. The molecule has 1 aromatic carbocycles. The molecule has 1 fully saturated rings. The fourth-order valence-electron chi connectivity index (χ4n) is 3.05. The van der Waals surface area contributed by atoms with E-state index >= 15 is 0 Å². The molecule has 1 aliphatic rings. The van der Waals surface area contributed by atoms with Crippen molar-refractivity contribution in [2.45, 2.75) is 18.8 Å². The standard InChI is InChI=1S/C18H16ClN3O3/c19-15-4-2-1-3-14(15)16-20-17(25-21-16)12-5-8-22(9-6-12)18(23)13-7-10-24-11-13/h1-4,7,10-12H,5-6,8-9H2. The molecule has 0 unspecified atom stereocenters. The molecular weight excluding hydrogens is 342 g/mol. The van der Waals surface area contributed by atoms with Crippen LogP contribution in [0.5, 0.6) is 0 Å². The smallest absolute Gasteiger partial charge is 0.257 e. The van der Waals surface area contributed by atoms with E-state index in [0.717, 1.165) is 18.4 Å². The van der Waals surface area contributed by atoms with Gasteiger partial charge in [0.1, 0.15) is 6.26 Å². The van der Waals surface area contributed by atoms with Gasteiger partial charge in [0.25, 0.3) is 5.91 Å². The van der Waals surface area contributed by atoms with Crippen molar-refractivity contribution in [2.75, 3.05) is 13.1 Å². The van der Waals surface area contributed by atoms with Gasteiger partial charge in [0.2, 0.25) is 11.7 Å². The summed E-state index contributed by atoms with van der Waals surface area (Å²) in [6.07, 6.45) is 4.55. The molecule has 3 heterocycles. The number of likely N-dealkylation sites (tertiary alicyclic amines) is 1. The van der Waals surface area contributed by atoms with Crippen LogP contribution in [0.25, 0.3) is 11.4 Å². The molecule has 0 saturated carbocycles. The van der Waals surface area contributed by atoms with Gasteiger partial charge in [-0.3, -0.25) is 4.79 Å². The number of halogens is 1. The normalized spacial score (nSPS) is 15.5. The molecule has 25 heavy (non-hydrogen) atoms. The molecule has 1 aliphatic heterocycles. The predicted octanol–water partition coefficient (Wildman–Crippen LogP) is 4.00. The van der Waals surface area contributed by atoms with E-state index in [9.17, 15) is 4.79 Å². The lowest BCUT2D eigenvalue weighted by Gasteiger charge is -2.30. The van der Waals surface area contributed by atoms with Crippen molar-refractivity contribution in [2.24, 2.45) is 0 Å². The minimum atomic E-state index is -0.00511. The summed E-state index contributed by atoms with van der Waals surface area (Å²) in [5.41, 5.74) is 1.34. The van der Waals surface area contributed by atoms with Crippen molar-refractivity contribution < 1.29 is 13.7 Å². The number of amides is 1. The zero-order chi connectivity index (χ0) is 17.2. The zero-order valence-electron chi connectivity index (χ0n) is 13.4. The van der Waals surface area contributed by atoms with Crippen LogP contribution in [0.2, 0.25) is 5.02 Å². The molecule has 1 saturated heterocycles. The van der Waals surface area contributed by atoms with Crippen molar-refractivity contribution in [1.29, 1.82) is 0 Å². The van der Waals surface area contributed by atoms with Crippen LogP contribution in [-0.4, -0.2) is 34.0 Å². The number of carbonyl (C=O) groups excluding carboxylic acids is 1. The zero-order valence-corrected chi connectivity index (χ0v) is 14.1. The first-order valence-electron chi connectivity index (χ1n) is 8.12. The summed E-state index contributed by atoms with van der Waals surface area (Å²) < 4.78 is 10.4. The number of furan rings is 1. The fraction of sp³-hybridized carbons (Fsp3) is 0.278. The highest BCUT2D eigenvalue weighted by molar-refractivity contribution is 6.33. The van der Waals surface area contributed by atoms with Crippen molar-refractivity contribution >= 4 is 17.5 Å². The van der Waals surface area contributed by atoms with Crippen LogP contribution in [0.3, 0.4) is 0 Å². The van der Waals surface area contributed by atoms with E-state index < -0.39 is 0 Å². The Kier molecular flexibility index (Phi) is 4.28. The van der Waals surface area contributed by atoms with Gasteiger partial charge < -0.3 is 13.8 Å². The highest BCUT2D eigenvalue weighted by Gasteiger charge is 2.28. The number of rotatable bonds is 3. The lowest BCUT2D eigenvalue weighted by atomic mass is 9.96. The summed E-state index contributed by atoms with van der Waals surface area (Å²) in [6, 6.07) is 9.09. The maximum absolute atomic E-state index is 12.3. The molecular formula is C18H16ClN3O3. The van der Waals surface area contributed by atoms with Gasteiger partial charge in [0.15, 0.2) is 0 Å². The number of hydrogen-bond acceptors (Lipinski definition) is 5. The first-order valence-corrected chi connectivity index (χ1v) is 8.50. The van der Waals surface area contributed by atoms with Crippen LogP contribution in [0.1, 0.15) is 35.0 Å². The van der Waals surface area contributed by atoms with Gasteiger partial charge in [-0.15, -0.1) is 0 Å². The minimum absolute atomic E-state index is 0.00511. The lowest BCUT2D eigenvalue weighted by Crippen LogP contribution is -2.37. The third-order valence-corrected chi connectivity index (χ3v) is 4.79. The number of hydrogen-bond donors (Lipinski definition) is 0. The van der Waals surface area contributed by atoms with Crippen LogP contribution in [0.4, 0.5) is 0 Å². The predicted molar refractivity (Wildman–Crippen MR) is 91.3 cm³/mol. The average molecular weight is 358 g/mol. The summed E-state index contributed by atoms with van der Waals surface area (Å²) in [7, 11) is 0. The molecule has 0 aliphatic carbocycles. The highest BCUT2D eigenvalue weighted by Crippen LogP contribution is 2.31. The van der Waals surface area contributed by atoms with Crippen molar-refractivity contribution in [3.05, 3.63) is 59.3 Å². The Morgan fingerprint density at radius 2 is 2.00 bits per heavy atom. The van der Waals surface area contributed by atoms with Crippen LogP contribution < -0.4 is 0 Å². The summed E-state index contributed by atoms with van der Waals surface area (Å²) in [5, 5.41) is 4.65. The molecule has 3 aromatic rings. The summed E-state index contributed by atoms with van der Waals surface area (Å²) in [6.45, 7) is 1.30. The minimum Gasteiger partial charge on any atom is -0.472 e.